The molecule has 3 N–H and O–H groups in total. The standard InChI is InChI=1S/C9H12N4O5/c1-5(10-15)4-9(14)7(11-16)3-2-6-8(9)12-18-13(6)17/h14-16H,2-4H2,1H3/b10-5-,11-7-/t9-/m0/s1. The average molecular weight is 256 g/mol. The van der Waals surface area contributed by atoms with E-state index in [9.17, 15) is 10.3 Å². The first-order valence-electron chi connectivity index (χ1n) is 5.23. The van der Waals surface area contributed by atoms with Crippen LogP contribution in [0.2, 0.25) is 0 Å². The van der Waals surface area contributed by atoms with Gasteiger partial charge in [-0.25, -0.2) is 0 Å². The number of rotatable bonds is 2. The molecule has 0 amide bonds. The summed E-state index contributed by atoms with van der Waals surface area (Å²) in [6.07, 6.45) is 0.282. The molecule has 9 heteroatoms. The van der Waals surface area contributed by atoms with Crippen LogP contribution in [0.4, 0.5) is 0 Å². The molecule has 98 valence electrons. The topological polar surface area (TPSA) is 138 Å². The van der Waals surface area contributed by atoms with Gasteiger partial charge in [0.25, 0.3) is 5.69 Å². The van der Waals surface area contributed by atoms with E-state index in [1.165, 1.54) is 6.92 Å². The van der Waals surface area contributed by atoms with Crippen molar-refractivity contribution in [3.63, 3.8) is 0 Å². The fourth-order valence-corrected chi connectivity index (χ4v) is 2.09. The quantitative estimate of drug-likeness (QED) is 0.282. The van der Waals surface area contributed by atoms with E-state index in [4.69, 9.17) is 10.4 Å². The van der Waals surface area contributed by atoms with Gasteiger partial charge < -0.3 is 20.7 Å². The molecule has 1 aliphatic rings. The zero-order valence-corrected chi connectivity index (χ0v) is 9.57. The summed E-state index contributed by atoms with van der Waals surface area (Å²) in [5.41, 5.74) is -1.38. The highest BCUT2D eigenvalue weighted by molar-refractivity contribution is 5.98. The van der Waals surface area contributed by atoms with Crippen LogP contribution in [-0.4, -0.2) is 32.1 Å². The van der Waals surface area contributed by atoms with E-state index < -0.39 is 5.60 Å². The highest BCUT2D eigenvalue weighted by Gasteiger charge is 2.49. The smallest absolute Gasteiger partial charge is 0.258 e. The van der Waals surface area contributed by atoms with Gasteiger partial charge in [0.1, 0.15) is 0 Å². The Morgan fingerprint density at radius 2 is 2.28 bits per heavy atom. The normalized spacial score (nSPS) is 26.3. The first-order valence-corrected chi connectivity index (χ1v) is 5.23. The Bertz CT molecular complexity index is 523. The van der Waals surface area contributed by atoms with Crippen molar-refractivity contribution < 1.29 is 25.1 Å². The van der Waals surface area contributed by atoms with Crippen LogP contribution in [0, 0.1) is 5.21 Å². The predicted molar refractivity (Wildman–Crippen MR) is 56.4 cm³/mol. The van der Waals surface area contributed by atoms with E-state index >= 15 is 0 Å². The Kier molecular flexibility index (Phi) is 2.91. The summed E-state index contributed by atoms with van der Waals surface area (Å²) in [5.74, 6) is 0. The maximum absolute atomic E-state index is 11.3. The summed E-state index contributed by atoms with van der Waals surface area (Å²) in [6.45, 7) is 1.48. The van der Waals surface area contributed by atoms with Crippen molar-refractivity contribution >= 4 is 11.4 Å². The number of hydrogen-bond donors (Lipinski definition) is 3. The van der Waals surface area contributed by atoms with E-state index in [-0.39, 0.29) is 47.0 Å². The number of oxime groups is 2. The van der Waals surface area contributed by atoms with Crippen LogP contribution in [0.3, 0.4) is 0 Å². The van der Waals surface area contributed by atoms with Crippen molar-refractivity contribution in [3.8, 4) is 0 Å². The third kappa shape index (κ3) is 1.68. The number of fused-ring (bicyclic) bond motifs is 1. The SMILES string of the molecule is C/C(C[C@]1(O)/C(=N\O)CCc2c1no[n+]2[O-])=N/O. The Balaban J connectivity index is 2.53. The van der Waals surface area contributed by atoms with E-state index in [0.29, 0.717) is 0 Å². The Labute approximate surface area is 101 Å². The van der Waals surface area contributed by atoms with Crippen LogP contribution < -0.4 is 4.90 Å². The number of hydrogen-bond acceptors (Lipinski definition) is 8. The monoisotopic (exact) mass is 256 g/mol. The molecule has 0 spiro atoms. The second-order valence-electron chi connectivity index (χ2n) is 4.14. The van der Waals surface area contributed by atoms with Gasteiger partial charge in [-0.15, -0.1) is 0 Å². The summed E-state index contributed by atoms with van der Waals surface area (Å²) in [5, 5.41) is 48.9. The molecule has 0 fully saturated rings. The Morgan fingerprint density at radius 1 is 1.56 bits per heavy atom. The van der Waals surface area contributed by atoms with Crippen molar-refractivity contribution in [1.82, 2.24) is 5.16 Å². The van der Waals surface area contributed by atoms with Crippen molar-refractivity contribution in [2.24, 2.45) is 10.3 Å². The molecule has 0 bridgehead atoms. The van der Waals surface area contributed by atoms with Crippen LogP contribution in [0.15, 0.2) is 14.9 Å². The lowest BCUT2D eigenvalue weighted by molar-refractivity contribution is -0.808. The van der Waals surface area contributed by atoms with Crippen LogP contribution in [0.1, 0.15) is 31.2 Å². The Hall–Kier alpha value is -2.16. The van der Waals surface area contributed by atoms with Gasteiger partial charge in [-0.2, -0.15) is 0 Å². The van der Waals surface area contributed by atoms with Crippen LogP contribution in [0.5, 0.6) is 0 Å². The van der Waals surface area contributed by atoms with E-state index in [2.05, 4.69) is 20.1 Å². The molecule has 1 aliphatic carbocycles. The highest BCUT2D eigenvalue weighted by atomic mass is 16.8. The van der Waals surface area contributed by atoms with E-state index in [0.717, 1.165) is 0 Å². The predicted octanol–water partition coefficient (Wildman–Crippen LogP) is -0.488. The summed E-state index contributed by atoms with van der Waals surface area (Å²) in [4.78, 5) is 0.208. The molecule has 1 aromatic heterocycles. The minimum Gasteiger partial charge on any atom is -0.411 e. The minimum absolute atomic E-state index is 0.0143. The number of nitrogens with zero attached hydrogens (tertiary/aromatic N) is 4. The minimum atomic E-state index is -1.79. The van der Waals surface area contributed by atoms with E-state index in [1.807, 2.05) is 0 Å². The third-order valence-corrected chi connectivity index (χ3v) is 2.97. The zero-order chi connectivity index (χ0) is 13.3. The first kappa shape index (κ1) is 12.3. The number of aromatic nitrogens is 2. The zero-order valence-electron chi connectivity index (χ0n) is 9.57. The number of aliphatic hydroxyl groups is 1. The molecule has 1 heterocycles. The molecule has 0 unspecified atom stereocenters. The van der Waals surface area contributed by atoms with Gasteiger partial charge in [0, 0.05) is 24.4 Å². The molecule has 2 rings (SSSR count). The maximum Gasteiger partial charge on any atom is 0.258 e. The highest BCUT2D eigenvalue weighted by Crippen LogP contribution is 2.34. The summed E-state index contributed by atoms with van der Waals surface area (Å²) in [6, 6.07) is 0. The third-order valence-electron chi connectivity index (χ3n) is 2.97. The molecule has 0 saturated heterocycles. The van der Waals surface area contributed by atoms with E-state index in [1.54, 1.807) is 0 Å². The van der Waals surface area contributed by atoms with Gasteiger partial charge >= 0.3 is 0 Å². The summed E-state index contributed by atoms with van der Waals surface area (Å²) < 4.78 is 4.43. The van der Waals surface area contributed by atoms with Gasteiger partial charge in [-0.05, 0) is 11.8 Å². The fourth-order valence-electron chi connectivity index (χ4n) is 2.09. The lowest BCUT2D eigenvalue weighted by Gasteiger charge is -2.27. The van der Waals surface area contributed by atoms with Crippen molar-refractivity contribution in [3.05, 3.63) is 16.6 Å². The van der Waals surface area contributed by atoms with Gasteiger partial charge in [0.15, 0.2) is 5.60 Å². The molecule has 1 atom stereocenters. The second kappa shape index (κ2) is 4.26. The van der Waals surface area contributed by atoms with Crippen LogP contribution in [-0.2, 0) is 12.0 Å². The molecule has 0 radical (unpaired) electrons. The van der Waals surface area contributed by atoms with Crippen molar-refractivity contribution in [1.29, 1.82) is 0 Å². The maximum atomic E-state index is 11.3. The van der Waals surface area contributed by atoms with Crippen molar-refractivity contribution in [2.75, 3.05) is 0 Å². The Morgan fingerprint density at radius 3 is 2.89 bits per heavy atom. The van der Waals surface area contributed by atoms with Gasteiger partial charge in [-0.3, -0.25) is 4.63 Å². The van der Waals surface area contributed by atoms with Crippen LogP contribution in [0.25, 0.3) is 0 Å². The lowest BCUT2D eigenvalue weighted by atomic mass is 9.80. The molecule has 9 nitrogen and oxygen atoms in total. The molecule has 0 aromatic carbocycles. The van der Waals surface area contributed by atoms with Crippen LogP contribution >= 0.6 is 0 Å². The second-order valence-corrected chi connectivity index (χ2v) is 4.14. The van der Waals surface area contributed by atoms with Gasteiger partial charge in [0.05, 0.1) is 11.4 Å². The summed E-state index contributed by atoms with van der Waals surface area (Å²) >= 11 is 0. The fraction of sp³-hybridized carbons (Fsp3) is 0.556. The summed E-state index contributed by atoms with van der Waals surface area (Å²) in [7, 11) is 0. The molecule has 18 heavy (non-hydrogen) atoms. The lowest BCUT2D eigenvalue weighted by Crippen LogP contribution is -2.44. The first-order chi connectivity index (χ1) is 8.52. The largest absolute Gasteiger partial charge is 0.411 e. The molecular formula is C9H12N4O5. The van der Waals surface area contributed by atoms with Gasteiger partial charge in [-0.1, -0.05) is 10.3 Å². The van der Waals surface area contributed by atoms with Crippen molar-refractivity contribution in [2.45, 2.75) is 31.8 Å². The average Bonchev–Trinajstić information content (AvgIpc) is 2.72. The molecule has 0 aliphatic heterocycles. The van der Waals surface area contributed by atoms with Gasteiger partial charge in [0.2, 0.25) is 5.69 Å². The molecule has 0 saturated carbocycles. The molecule has 1 aromatic rings. The molecular weight excluding hydrogens is 244 g/mol.